The highest BCUT2D eigenvalue weighted by Crippen LogP contribution is 2.23. The smallest absolute Gasteiger partial charge is 0.326 e. The molecule has 0 radical (unpaired) electrons. The molecule has 0 aromatic heterocycles. The van der Waals surface area contributed by atoms with E-state index in [1.54, 1.807) is 0 Å². The van der Waals surface area contributed by atoms with E-state index in [1.165, 1.54) is 6.07 Å². The van der Waals surface area contributed by atoms with Crippen LogP contribution in [0.4, 0.5) is 4.39 Å². The van der Waals surface area contributed by atoms with Crippen molar-refractivity contribution in [2.24, 2.45) is 0 Å². The Morgan fingerprint density at radius 2 is 2.11 bits per heavy atom. The van der Waals surface area contributed by atoms with E-state index in [-0.39, 0.29) is 23.6 Å². The van der Waals surface area contributed by atoms with Gasteiger partial charge in [0.1, 0.15) is 11.9 Å². The summed E-state index contributed by atoms with van der Waals surface area (Å²) in [4.78, 5) is 24.2. The first-order valence-corrected chi connectivity index (χ1v) is 5.95. The van der Waals surface area contributed by atoms with Crippen LogP contribution in [-0.4, -0.2) is 45.7 Å². The third kappa shape index (κ3) is 2.69. The number of rotatable bonds is 2. The fraction of sp³-hybridized carbons (Fsp3) is 0.333. The van der Waals surface area contributed by atoms with Crippen LogP contribution in [-0.2, 0) is 4.79 Å². The number of carboxylic acid groups (broad SMARTS) is 1. The molecule has 1 fully saturated rings. The summed E-state index contributed by atoms with van der Waals surface area (Å²) in [7, 11) is 0. The summed E-state index contributed by atoms with van der Waals surface area (Å²) < 4.78 is 13.0. The second kappa shape index (κ2) is 5.14. The normalized spacial score (nSPS) is 22.6. The van der Waals surface area contributed by atoms with Crippen molar-refractivity contribution >= 4 is 23.5 Å². The maximum absolute atomic E-state index is 13.0. The zero-order valence-electron chi connectivity index (χ0n) is 9.72. The number of benzene rings is 1. The molecule has 7 heteroatoms. The van der Waals surface area contributed by atoms with Crippen LogP contribution >= 0.6 is 11.6 Å². The van der Waals surface area contributed by atoms with Gasteiger partial charge in [-0.25, -0.2) is 9.18 Å². The minimum Gasteiger partial charge on any atom is -0.480 e. The molecule has 1 saturated heterocycles. The molecule has 1 amide bonds. The number of aliphatic carboxylic acids is 1. The molecule has 1 aliphatic heterocycles. The van der Waals surface area contributed by atoms with Crippen LogP contribution in [0.2, 0.25) is 5.02 Å². The second-order valence-electron chi connectivity index (χ2n) is 4.33. The molecule has 1 aromatic carbocycles. The largest absolute Gasteiger partial charge is 0.480 e. The minimum absolute atomic E-state index is 0.0179. The maximum atomic E-state index is 13.0. The summed E-state index contributed by atoms with van der Waals surface area (Å²) >= 11 is 5.58. The fourth-order valence-electron chi connectivity index (χ4n) is 2.07. The maximum Gasteiger partial charge on any atom is 0.326 e. The Balaban J connectivity index is 2.27. The van der Waals surface area contributed by atoms with Gasteiger partial charge < -0.3 is 15.1 Å². The average Bonchev–Trinajstić information content (AvgIpc) is 2.74. The Hall–Kier alpha value is -1.66. The number of carbonyl (C=O) groups is 2. The number of carbonyl (C=O) groups excluding carboxylic acids is 1. The van der Waals surface area contributed by atoms with E-state index >= 15 is 0 Å². The molecule has 0 aliphatic carbocycles. The number of hydrogen-bond donors (Lipinski definition) is 2. The van der Waals surface area contributed by atoms with E-state index in [0.717, 1.165) is 17.0 Å². The lowest BCUT2D eigenvalue weighted by Crippen LogP contribution is -2.40. The number of halogens is 2. The third-order valence-electron chi connectivity index (χ3n) is 2.99. The van der Waals surface area contributed by atoms with E-state index in [4.69, 9.17) is 16.7 Å². The van der Waals surface area contributed by atoms with Crippen molar-refractivity contribution in [2.45, 2.75) is 18.6 Å². The predicted molar refractivity (Wildman–Crippen MR) is 64.5 cm³/mol. The molecule has 0 saturated carbocycles. The topological polar surface area (TPSA) is 77.8 Å². The molecule has 0 unspecified atom stereocenters. The van der Waals surface area contributed by atoms with Crippen LogP contribution in [0.5, 0.6) is 0 Å². The summed E-state index contributed by atoms with van der Waals surface area (Å²) in [6.07, 6.45) is -0.892. The van der Waals surface area contributed by atoms with Gasteiger partial charge in [-0.1, -0.05) is 11.6 Å². The third-order valence-corrected chi connectivity index (χ3v) is 3.28. The molecule has 1 heterocycles. The van der Waals surface area contributed by atoms with Gasteiger partial charge in [0.2, 0.25) is 0 Å². The molecular weight excluding hydrogens is 277 g/mol. The lowest BCUT2D eigenvalue weighted by atomic mass is 10.1. The lowest BCUT2D eigenvalue weighted by Gasteiger charge is -2.21. The molecule has 2 rings (SSSR count). The molecule has 2 atom stereocenters. The first-order chi connectivity index (χ1) is 8.90. The van der Waals surface area contributed by atoms with Gasteiger partial charge in [0.05, 0.1) is 11.1 Å². The van der Waals surface area contributed by atoms with Gasteiger partial charge >= 0.3 is 5.97 Å². The fourth-order valence-corrected chi connectivity index (χ4v) is 2.25. The Kier molecular flexibility index (Phi) is 3.73. The number of carboxylic acids is 1. The van der Waals surface area contributed by atoms with Crippen molar-refractivity contribution in [1.82, 2.24) is 4.90 Å². The molecular formula is C12H11ClFNO4. The number of β-amino-alcohol motifs (C(OH)–C–C–N with tert-alkyl or cyclic N) is 1. The van der Waals surface area contributed by atoms with E-state index < -0.39 is 29.8 Å². The van der Waals surface area contributed by atoms with Crippen molar-refractivity contribution < 1.29 is 24.2 Å². The van der Waals surface area contributed by atoms with Gasteiger partial charge in [0.15, 0.2) is 0 Å². The van der Waals surface area contributed by atoms with Gasteiger partial charge in [0.25, 0.3) is 5.91 Å². The summed E-state index contributed by atoms with van der Waals surface area (Å²) in [5.41, 5.74) is 0.0896. The number of aliphatic hydroxyl groups is 1. The molecule has 1 aliphatic rings. The summed E-state index contributed by atoms with van der Waals surface area (Å²) in [6.45, 7) is -0.0647. The molecule has 1 aromatic rings. The predicted octanol–water partition coefficient (Wildman–Crippen LogP) is 1.14. The Labute approximate surface area is 113 Å². The first-order valence-electron chi connectivity index (χ1n) is 5.57. The Morgan fingerprint density at radius 3 is 2.68 bits per heavy atom. The first kappa shape index (κ1) is 13.8. The van der Waals surface area contributed by atoms with Crippen LogP contribution in [0.25, 0.3) is 0 Å². The van der Waals surface area contributed by atoms with Crippen molar-refractivity contribution in [3.63, 3.8) is 0 Å². The molecule has 102 valence electrons. The standard InChI is InChI=1S/C12H11ClFNO4/c13-8-3-6(1-2-9(8)14)11(17)15-5-7(16)4-10(15)12(18)19/h1-3,7,10,16H,4-5H2,(H,18,19)/t7-,10+/m1/s1. The minimum atomic E-state index is -1.18. The second-order valence-corrected chi connectivity index (χ2v) is 4.74. The zero-order valence-corrected chi connectivity index (χ0v) is 10.5. The van der Waals surface area contributed by atoms with Crippen molar-refractivity contribution in [3.8, 4) is 0 Å². The zero-order chi connectivity index (χ0) is 14.2. The van der Waals surface area contributed by atoms with E-state index in [9.17, 15) is 19.1 Å². The molecule has 5 nitrogen and oxygen atoms in total. The quantitative estimate of drug-likeness (QED) is 0.855. The van der Waals surface area contributed by atoms with Crippen LogP contribution in [0, 0.1) is 5.82 Å². The molecule has 2 N–H and O–H groups in total. The highest BCUT2D eigenvalue weighted by Gasteiger charge is 2.39. The number of nitrogens with zero attached hydrogens (tertiary/aromatic N) is 1. The van der Waals surface area contributed by atoms with E-state index in [1.807, 2.05) is 0 Å². The summed E-state index contributed by atoms with van der Waals surface area (Å²) in [6, 6.07) is 2.33. The summed E-state index contributed by atoms with van der Waals surface area (Å²) in [5, 5.41) is 18.3. The number of hydrogen-bond acceptors (Lipinski definition) is 3. The number of likely N-dealkylation sites (tertiary alicyclic amines) is 1. The number of aliphatic hydroxyl groups excluding tert-OH is 1. The Bertz CT molecular complexity index is 536. The van der Waals surface area contributed by atoms with Gasteiger partial charge in [0, 0.05) is 18.5 Å². The van der Waals surface area contributed by atoms with Crippen molar-refractivity contribution in [1.29, 1.82) is 0 Å². The molecule has 0 bridgehead atoms. The van der Waals surface area contributed by atoms with Gasteiger partial charge in [-0.15, -0.1) is 0 Å². The van der Waals surface area contributed by atoms with Crippen molar-refractivity contribution in [2.75, 3.05) is 6.54 Å². The monoisotopic (exact) mass is 287 g/mol. The van der Waals surface area contributed by atoms with Gasteiger partial charge in [-0.05, 0) is 18.2 Å². The van der Waals surface area contributed by atoms with Crippen LogP contribution in [0.15, 0.2) is 18.2 Å². The highest BCUT2D eigenvalue weighted by atomic mass is 35.5. The lowest BCUT2D eigenvalue weighted by molar-refractivity contribution is -0.141. The van der Waals surface area contributed by atoms with Crippen molar-refractivity contribution in [3.05, 3.63) is 34.6 Å². The Morgan fingerprint density at radius 1 is 1.42 bits per heavy atom. The highest BCUT2D eigenvalue weighted by molar-refractivity contribution is 6.31. The van der Waals surface area contributed by atoms with E-state index in [2.05, 4.69) is 0 Å². The SMILES string of the molecule is O=C(O)[C@@H]1C[C@@H](O)CN1C(=O)c1ccc(F)c(Cl)c1. The molecule has 0 spiro atoms. The van der Waals surface area contributed by atoms with E-state index in [0.29, 0.717) is 0 Å². The number of amides is 1. The van der Waals surface area contributed by atoms with Crippen LogP contribution in [0.1, 0.15) is 16.8 Å². The summed E-state index contributed by atoms with van der Waals surface area (Å²) in [5.74, 6) is -2.43. The van der Waals surface area contributed by atoms with Gasteiger partial charge in [-0.3, -0.25) is 4.79 Å². The van der Waals surface area contributed by atoms with Crippen LogP contribution in [0.3, 0.4) is 0 Å². The average molecular weight is 288 g/mol. The van der Waals surface area contributed by atoms with Gasteiger partial charge in [-0.2, -0.15) is 0 Å². The van der Waals surface area contributed by atoms with Crippen LogP contribution < -0.4 is 0 Å². The molecule has 19 heavy (non-hydrogen) atoms.